The molecule has 1 heterocycles. The molecule has 7 heteroatoms. The highest BCUT2D eigenvalue weighted by Gasteiger charge is 2.10. The van der Waals surface area contributed by atoms with Crippen molar-refractivity contribution in [2.75, 3.05) is 32.5 Å². The summed E-state index contributed by atoms with van der Waals surface area (Å²) in [6, 6.07) is 0.0973. The highest BCUT2D eigenvalue weighted by Crippen LogP contribution is 2.16. The van der Waals surface area contributed by atoms with Crippen molar-refractivity contribution in [3.05, 3.63) is 21.0 Å². The van der Waals surface area contributed by atoms with Crippen molar-refractivity contribution in [1.29, 1.82) is 0 Å². The predicted octanol–water partition coefficient (Wildman–Crippen LogP) is 0.326. The molecule has 18 heavy (non-hydrogen) atoms. The number of hydrogen-bond acceptors (Lipinski definition) is 5. The highest BCUT2D eigenvalue weighted by molar-refractivity contribution is 9.10. The quantitative estimate of drug-likeness (QED) is 0.790. The fourth-order valence-electron chi connectivity index (χ4n) is 1.34. The Morgan fingerprint density at radius 2 is 2.28 bits per heavy atom. The maximum absolute atomic E-state index is 12.0. The van der Waals surface area contributed by atoms with Crippen molar-refractivity contribution in [3.8, 4) is 0 Å². The van der Waals surface area contributed by atoms with Gasteiger partial charge in [-0.2, -0.15) is 5.10 Å². The Kier molecular flexibility index (Phi) is 5.77. The van der Waals surface area contributed by atoms with Crippen LogP contribution in [-0.4, -0.2) is 47.9 Å². The fourth-order valence-corrected chi connectivity index (χ4v) is 1.77. The third-order valence-corrected chi connectivity index (χ3v) is 3.27. The summed E-state index contributed by atoms with van der Waals surface area (Å²) in [6.45, 7) is 3.78. The van der Waals surface area contributed by atoms with Crippen molar-refractivity contribution in [1.82, 2.24) is 14.7 Å². The van der Waals surface area contributed by atoms with Gasteiger partial charge in [-0.3, -0.25) is 4.79 Å². The first-order chi connectivity index (χ1) is 8.45. The lowest BCUT2D eigenvalue weighted by Crippen LogP contribution is -2.31. The van der Waals surface area contributed by atoms with Gasteiger partial charge in [0.15, 0.2) is 0 Å². The van der Waals surface area contributed by atoms with E-state index < -0.39 is 0 Å². The number of aromatic nitrogens is 2. The third kappa shape index (κ3) is 4.08. The maximum atomic E-state index is 12.0. The average Bonchev–Trinajstić information content (AvgIpc) is 2.33. The molecule has 0 aromatic carbocycles. The van der Waals surface area contributed by atoms with E-state index in [1.165, 1.54) is 4.68 Å². The Bertz CT molecular complexity index is 446. The molecule has 0 aliphatic carbocycles. The minimum atomic E-state index is -0.133. The standard InChI is InChI=1S/C11H20BrN5O/c1-8(6-13)15-9-7-14-17(5-4-16(2)3)11(18)10(9)12/h7-8,15H,4-6,13H2,1-3H3. The van der Waals surface area contributed by atoms with Crippen LogP contribution < -0.4 is 16.6 Å². The Morgan fingerprint density at radius 3 is 2.83 bits per heavy atom. The molecule has 1 aromatic rings. The first-order valence-electron chi connectivity index (χ1n) is 5.82. The van der Waals surface area contributed by atoms with E-state index >= 15 is 0 Å². The van der Waals surface area contributed by atoms with Crippen LogP contribution in [0.1, 0.15) is 6.92 Å². The van der Waals surface area contributed by atoms with Crippen LogP contribution in [-0.2, 0) is 6.54 Å². The molecule has 6 nitrogen and oxygen atoms in total. The van der Waals surface area contributed by atoms with Crippen molar-refractivity contribution in [2.45, 2.75) is 19.5 Å². The monoisotopic (exact) mass is 317 g/mol. The molecule has 102 valence electrons. The third-order valence-electron chi connectivity index (χ3n) is 2.50. The number of nitrogens with two attached hydrogens (primary N) is 1. The summed E-state index contributed by atoms with van der Waals surface area (Å²) < 4.78 is 1.94. The van der Waals surface area contributed by atoms with E-state index in [0.29, 0.717) is 23.2 Å². The number of rotatable bonds is 6. The van der Waals surface area contributed by atoms with Gasteiger partial charge in [0.05, 0.1) is 18.4 Å². The van der Waals surface area contributed by atoms with Crippen LogP contribution in [0.15, 0.2) is 15.5 Å². The van der Waals surface area contributed by atoms with Gasteiger partial charge in [0, 0.05) is 19.1 Å². The van der Waals surface area contributed by atoms with E-state index in [-0.39, 0.29) is 11.6 Å². The summed E-state index contributed by atoms with van der Waals surface area (Å²) in [5.74, 6) is 0. The Labute approximate surface area is 115 Å². The number of nitrogens with zero attached hydrogens (tertiary/aromatic N) is 3. The predicted molar refractivity (Wildman–Crippen MR) is 76.9 cm³/mol. The zero-order valence-electron chi connectivity index (χ0n) is 11.0. The number of anilines is 1. The number of nitrogens with one attached hydrogen (secondary N) is 1. The molecule has 1 aromatic heterocycles. The van der Waals surface area contributed by atoms with Crippen LogP contribution in [0.4, 0.5) is 5.69 Å². The second-order valence-electron chi connectivity index (χ2n) is 4.48. The van der Waals surface area contributed by atoms with Gasteiger partial charge < -0.3 is 16.0 Å². The van der Waals surface area contributed by atoms with Gasteiger partial charge in [-0.25, -0.2) is 4.68 Å². The molecule has 0 saturated carbocycles. The van der Waals surface area contributed by atoms with E-state index in [1.54, 1.807) is 6.20 Å². The maximum Gasteiger partial charge on any atom is 0.283 e. The highest BCUT2D eigenvalue weighted by atomic mass is 79.9. The minimum absolute atomic E-state index is 0.0973. The topological polar surface area (TPSA) is 76.2 Å². The lowest BCUT2D eigenvalue weighted by molar-refractivity contribution is 0.367. The first-order valence-corrected chi connectivity index (χ1v) is 6.62. The number of likely N-dealkylation sites (N-methyl/N-ethyl adjacent to an activating group) is 1. The molecule has 1 rings (SSSR count). The van der Waals surface area contributed by atoms with Crippen LogP contribution in [0, 0.1) is 0 Å². The summed E-state index contributed by atoms with van der Waals surface area (Å²) in [5.41, 5.74) is 6.08. The average molecular weight is 318 g/mol. The lowest BCUT2D eigenvalue weighted by atomic mass is 10.3. The molecular formula is C11H20BrN5O. The van der Waals surface area contributed by atoms with Crippen LogP contribution in [0.3, 0.4) is 0 Å². The second kappa shape index (κ2) is 6.86. The molecule has 0 spiro atoms. The van der Waals surface area contributed by atoms with E-state index in [1.807, 2.05) is 25.9 Å². The van der Waals surface area contributed by atoms with E-state index in [4.69, 9.17) is 5.73 Å². The smallest absolute Gasteiger partial charge is 0.283 e. The van der Waals surface area contributed by atoms with Gasteiger partial charge in [-0.1, -0.05) is 0 Å². The van der Waals surface area contributed by atoms with Crippen LogP contribution in [0.5, 0.6) is 0 Å². The molecule has 1 atom stereocenters. The van der Waals surface area contributed by atoms with Gasteiger partial charge in [0.1, 0.15) is 4.47 Å². The van der Waals surface area contributed by atoms with Gasteiger partial charge in [0.25, 0.3) is 5.56 Å². The fraction of sp³-hybridized carbons (Fsp3) is 0.636. The van der Waals surface area contributed by atoms with Crippen molar-refractivity contribution >= 4 is 21.6 Å². The molecular weight excluding hydrogens is 298 g/mol. The van der Waals surface area contributed by atoms with Gasteiger partial charge >= 0.3 is 0 Å². The normalized spacial score (nSPS) is 12.8. The molecule has 1 unspecified atom stereocenters. The summed E-state index contributed by atoms with van der Waals surface area (Å²) in [4.78, 5) is 14.0. The van der Waals surface area contributed by atoms with E-state index in [2.05, 4.69) is 26.3 Å². The molecule has 3 N–H and O–H groups in total. The molecule has 0 bridgehead atoms. The minimum Gasteiger partial charge on any atom is -0.379 e. The van der Waals surface area contributed by atoms with Crippen LogP contribution in [0.25, 0.3) is 0 Å². The number of hydrogen-bond donors (Lipinski definition) is 2. The first kappa shape index (κ1) is 15.1. The molecule has 0 aliphatic rings. The zero-order valence-corrected chi connectivity index (χ0v) is 12.6. The van der Waals surface area contributed by atoms with Crippen molar-refractivity contribution in [2.24, 2.45) is 5.73 Å². The summed E-state index contributed by atoms with van der Waals surface area (Å²) in [6.07, 6.45) is 1.65. The zero-order chi connectivity index (χ0) is 13.7. The summed E-state index contributed by atoms with van der Waals surface area (Å²) >= 11 is 3.31. The Balaban J connectivity index is 2.88. The molecule has 0 aliphatic heterocycles. The number of halogens is 1. The van der Waals surface area contributed by atoms with E-state index in [9.17, 15) is 4.79 Å². The molecule has 0 fully saturated rings. The lowest BCUT2D eigenvalue weighted by Gasteiger charge is -2.15. The van der Waals surface area contributed by atoms with Gasteiger partial charge in [0.2, 0.25) is 0 Å². The summed E-state index contributed by atoms with van der Waals surface area (Å²) in [7, 11) is 3.91. The van der Waals surface area contributed by atoms with Gasteiger partial charge in [-0.05, 0) is 36.9 Å². The summed E-state index contributed by atoms with van der Waals surface area (Å²) in [5, 5.41) is 7.28. The Morgan fingerprint density at radius 1 is 1.61 bits per heavy atom. The van der Waals surface area contributed by atoms with Crippen LogP contribution >= 0.6 is 15.9 Å². The molecule has 0 amide bonds. The molecule has 0 radical (unpaired) electrons. The molecule has 0 saturated heterocycles. The largest absolute Gasteiger partial charge is 0.379 e. The van der Waals surface area contributed by atoms with Gasteiger partial charge in [-0.15, -0.1) is 0 Å². The van der Waals surface area contributed by atoms with Crippen molar-refractivity contribution in [3.63, 3.8) is 0 Å². The Hall–Kier alpha value is -0.920. The SMILES string of the molecule is CC(CN)Nc1cnn(CCN(C)C)c(=O)c1Br. The van der Waals surface area contributed by atoms with Crippen LogP contribution in [0.2, 0.25) is 0 Å². The second-order valence-corrected chi connectivity index (χ2v) is 5.28. The van der Waals surface area contributed by atoms with Crippen molar-refractivity contribution < 1.29 is 0 Å². The van der Waals surface area contributed by atoms with E-state index in [0.717, 1.165) is 6.54 Å².